The van der Waals surface area contributed by atoms with Crippen molar-refractivity contribution in [1.29, 1.82) is 0 Å². The van der Waals surface area contributed by atoms with Crippen LogP contribution in [0.5, 0.6) is 0 Å². The summed E-state index contributed by atoms with van der Waals surface area (Å²) in [5, 5.41) is 0. The Morgan fingerprint density at radius 1 is 1.62 bits per heavy atom. The van der Waals surface area contributed by atoms with E-state index in [1.807, 2.05) is 0 Å². The summed E-state index contributed by atoms with van der Waals surface area (Å²) in [5.41, 5.74) is 0. The Balaban J connectivity index is 1.91. The van der Waals surface area contributed by atoms with Crippen LogP contribution < -0.4 is 0 Å². The fourth-order valence-electron chi connectivity index (χ4n) is 1.42. The number of hydrogen-bond acceptors (Lipinski definition) is 5. The van der Waals surface area contributed by atoms with Crippen molar-refractivity contribution in [2.45, 2.75) is 18.3 Å². The number of carbonyl (C=O) groups excluding carboxylic acids is 1. The van der Waals surface area contributed by atoms with E-state index in [1.165, 1.54) is 7.11 Å². The number of fused-ring (bicyclic) bond motifs is 1. The molecule has 2 aliphatic heterocycles. The first-order valence-corrected chi connectivity index (χ1v) is 3.99. The molecule has 1 saturated heterocycles. The van der Waals surface area contributed by atoms with E-state index in [2.05, 4.69) is 4.74 Å². The first kappa shape index (κ1) is 8.37. The third-order valence-electron chi connectivity index (χ3n) is 2.06. The Morgan fingerprint density at radius 3 is 3.23 bits per heavy atom. The molecule has 1 fully saturated rings. The van der Waals surface area contributed by atoms with Crippen LogP contribution in [-0.4, -0.2) is 38.2 Å². The molecule has 0 aliphatic carbocycles. The van der Waals surface area contributed by atoms with E-state index < -0.39 is 6.16 Å². The summed E-state index contributed by atoms with van der Waals surface area (Å²) in [5.74, 6) is 0. The van der Waals surface area contributed by atoms with E-state index in [1.54, 1.807) is 12.3 Å². The van der Waals surface area contributed by atoms with Crippen molar-refractivity contribution in [1.82, 2.24) is 0 Å². The largest absolute Gasteiger partial charge is 0.508 e. The summed E-state index contributed by atoms with van der Waals surface area (Å²) in [6.45, 7) is 0.356. The van der Waals surface area contributed by atoms with Crippen molar-refractivity contribution in [2.75, 3.05) is 13.7 Å². The lowest BCUT2D eigenvalue weighted by Gasteiger charge is -2.15. The van der Waals surface area contributed by atoms with E-state index in [9.17, 15) is 4.79 Å². The van der Waals surface area contributed by atoms with Crippen molar-refractivity contribution >= 4 is 6.16 Å². The second kappa shape index (κ2) is 3.26. The predicted molar refractivity (Wildman–Crippen MR) is 41.0 cm³/mol. The molecule has 13 heavy (non-hydrogen) atoms. The molecule has 2 heterocycles. The van der Waals surface area contributed by atoms with Crippen LogP contribution in [0.1, 0.15) is 0 Å². The van der Waals surface area contributed by atoms with Crippen molar-refractivity contribution in [3.63, 3.8) is 0 Å². The van der Waals surface area contributed by atoms with Gasteiger partial charge in [0.25, 0.3) is 0 Å². The third-order valence-corrected chi connectivity index (χ3v) is 2.06. The van der Waals surface area contributed by atoms with E-state index in [-0.39, 0.29) is 18.3 Å². The Bertz CT molecular complexity index is 237. The fourth-order valence-corrected chi connectivity index (χ4v) is 1.42. The molecule has 0 unspecified atom stereocenters. The summed E-state index contributed by atoms with van der Waals surface area (Å²) in [6.07, 6.45) is 1.99. The first-order valence-electron chi connectivity index (χ1n) is 3.99. The van der Waals surface area contributed by atoms with Gasteiger partial charge in [-0.25, -0.2) is 4.79 Å². The highest BCUT2D eigenvalue weighted by Gasteiger charge is 2.42. The average Bonchev–Trinajstić information content (AvgIpc) is 2.69. The first-order chi connectivity index (χ1) is 6.31. The van der Waals surface area contributed by atoms with Crippen LogP contribution in [0.25, 0.3) is 0 Å². The lowest BCUT2D eigenvalue weighted by Crippen LogP contribution is -2.32. The molecule has 0 bridgehead atoms. The minimum atomic E-state index is -0.704. The van der Waals surface area contributed by atoms with Crippen LogP contribution in [0.15, 0.2) is 12.3 Å². The molecule has 5 nitrogen and oxygen atoms in total. The molecule has 0 N–H and O–H groups in total. The lowest BCUT2D eigenvalue weighted by atomic mass is 10.2. The predicted octanol–water partition coefficient (Wildman–Crippen LogP) is 0.449. The molecule has 2 rings (SSSR count). The zero-order valence-electron chi connectivity index (χ0n) is 7.14. The van der Waals surface area contributed by atoms with Gasteiger partial charge in [0.2, 0.25) is 0 Å². The number of ether oxygens (including phenoxy) is 4. The van der Waals surface area contributed by atoms with Gasteiger partial charge in [0, 0.05) is 0 Å². The molecule has 0 spiro atoms. The lowest BCUT2D eigenvalue weighted by molar-refractivity contribution is -0.00606. The average molecular weight is 186 g/mol. The maximum absolute atomic E-state index is 10.8. The Morgan fingerprint density at radius 2 is 2.46 bits per heavy atom. The normalized spacial score (nSPS) is 35.3. The van der Waals surface area contributed by atoms with Gasteiger partial charge in [0.1, 0.15) is 6.10 Å². The molecule has 0 aromatic heterocycles. The van der Waals surface area contributed by atoms with Gasteiger partial charge >= 0.3 is 6.16 Å². The summed E-state index contributed by atoms with van der Waals surface area (Å²) in [4.78, 5) is 10.8. The zero-order valence-corrected chi connectivity index (χ0v) is 7.14. The van der Waals surface area contributed by atoms with Crippen LogP contribution in [0, 0.1) is 0 Å². The number of methoxy groups -OCH3 is 1. The van der Waals surface area contributed by atoms with Crippen LogP contribution >= 0.6 is 0 Å². The smallest absolute Gasteiger partial charge is 0.491 e. The number of hydrogen-bond donors (Lipinski definition) is 0. The van der Waals surface area contributed by atoms with Crippen molar-refractivity contribution in [2.24, 2.45) is 0 Å². The minimum absolute atomic E-state index is 0.0883. The highest BCUT2D eigenvalue weighted by atomic mass is 16.7. The fraction of sp³-hybridized carbons (Fsp3) is 0.625. The zero-order chi connectivity index (χ0) is 9.26. The quantitative estimate of drug-likeness (QED) is 0.556. The highest BCUT2D eigenvalue weighted by molar-refractivity contribution is 5.60. The topological polar surface area (TPSA) is 54.0 Å². The molecule has 0 aromatic rings. The van der Waals surface area contributed by atoms with Gasteiger partial charge in [-0.15, -0.1) is 0 Å². The van der Waals surface area contributed by atoms with Gasteiger partial charge in [-0.3, -0.25) is 0 Å². The van der Waals surface area contributed by atoms with Gasteiger partial charge in [-0.2, -0.15) is 0 Å². The summed E-state index contributed by atoms with van der Waals surface area (Å²) >= 11 is 0. The maximum Gasteiger partial charge on any atom is 0.508 e. The molecule has 0 amide bonds. The standard InChI is InChI=1S/C8H10O5/c1-10-8(9)13-6-4-12-5-2-3-11-7(5)6/h2-3,5-7H,4H2,1H3/t5-,6+,7+/m1/s1. The summed E-state index contributed by atoms with van der Waals surface area (Å²) in [7, 11) is 1.27. The van der Waals surface area contributed by atoms with Crippen molar-refractivity contribution in [3.05, 3.63) is 12.3 Å². The van der Waals surface area contributed by atoms with E-state index in [0.29, 0.717) is 6.61 Å². The van der Waals surface area contributed by atoms with Gasteiger partial charge < -0.3 is 18.9 Å². The van der Waals surface area contributed by atoms with E-state index in [0.717, 1.165) is 0 Å². The molecule has 0 radical (unpaired) electrons. The Hall–Kier alpha value is -1.23. The molecular weight excluding hydrogens is 176 g/mol. The van der Waals surface area contributed by atoms with Crippen molar-refractivity contribution < 1.29 is 23.7 Å². The van der Waals surface area contributed by atoms with Crippen molar-refractivity contribution in [3.8, 4) is 0 Å². The van der Waals surface area contributed by atoms with Gasteiger partial charge in [0.15, 0.2) is 12.2 Å². The number of carbonyl (C=O) groups is 1. The van der Waals surface area contributed by atoms with Crippen LogP contribution in [0.4, 0.5) is 4.79 Å². The maximum atomic E-state index is 10.8. The summed E-state index contributed by atoms with van der Waals surface area (Å²) < 4.78 is 19.8. The molecule has 5 heteroatoms. The molecule has 0 saturated carbocycles. The monoisotopic (exact) mass is 186 g/mol. The molecule has 0 aromatic carbocycles. The van der Waals surface area contributed by atoms with Crippen LogP contribution in [-0.2, 0) is 18.9 Å². The molecule has 3 atom stereocenters. The minimum Gasteiger partial charge on any atom is -0.491 e. The summed E-state index contributed by atoms with van der Waals surface area (Å²) in [6, 6.07) is 0. The Kier molecular flexibility index (Phi) is 2.10. The van der Waals surface area contributed by atoms with Gasteiger partial charge in [-0.1, -0.05) is 0 Å². The molecular formula is C8H10O5. The van der Waals surface area contributed by atoms with E-state index in [4.69, 9.17) is 14.2 Å². The Labute approximate surface area is 75.2 Å². The van der Waals surface area contributed by atoms with Gasteiger partial charge in [-0.05, 0) is 6.08 Å². The SMILES string of the molecule is COC(=O)O[C@H]1CO[C@@H]2C=CO[C@H]12. The van der Waals surface area contributed by atoms with Gasteiger partial charge in [0.05, 0.1) is 20.0 Å². The van der Waals surface area contributed by atoms with Crippen LogP contribution in [0.3, 0.4) is 0 Å². The van der Waals surface area contributed by atoms with E-state index >= 15 is 0 Å². The molecule has 2 aliphatic rings. The highest BCUT2D eigenvalue weighted by Crippen LogP contribution is 2.26. The van der Waals surface area contributed by atoms with Crippen LogP contribution in [0.2, 0.25) is 0 Å². The number of rotatable bonds is 1. The second-order valence-electron chi connectivity index (χ2n) is 2.84. The second-order valence-corrected chi connectivity index (χ2v) is 2.84. The molecule has 72 valence electrons. The third kappa shape index (κ3) is 1.47.